The number of ether oxygens (including phenoxy) is 19. The van der Waals surface area contributed by atoms with Crippen LogP contribution in [0.3, 0.4) is 0 Å². The summed E-state index contributed by atoms with van der Waals surface area (Å²) in [5, 5.41) is 8.61. The van der Waals surface area contributed by atoms with Gasteiger partial charge in [-0.15, -0.1) is 0 Å². The molecule has 0 aliphatic rings. The van der Waals surface area contributed by atoms with Gasteiger partial charge in [0.05, 0.1) is 244 Å². The minimum absolute atomic E-state index is 0.0201. The normalized spacial score (nSPS) is 11.6. The number of aryl methyl sites for hydroxylation is 1. The summed E-state index contributed by atoms with van der Waals surface area (Å²) < 4.78 is 105. The fourth-order valence-corrected chi connectivity index (χ4v) is 6.16. The van der Waals surface area contributed by atoms with Crippen molar-refractivity contribution in [1.82, 2.24) is 0 Å². The van der Waals surface area contributed by atoms with Crippen LogP contribution in [0.1, 0.15) is 57.4 Å². The number of hydrogen-bond donors (Lipinski definition) is 1. The van der Waals surface area contributed by atoms with Crippen LogP contribution >= 0.6 is 0 Å². The van der Waals surface area contributed by atoms with Gasteiger partial charge in [-0.2, -0.15) is 0 Å². The van der Waals surface area contributed by atoms with Crippen molar-refractivity contribution in [3.8, 4) is 5.75 Å². The number of hydrogen-bond acceptors (Lipinski definition) is 20. The maximum atomic E-state index is 8.61. The second-order valence-electron chi connectivity index (χ2n) is 16.1. The van der Waals surface area contributed by atoms with Gasteiger partial charge in [0.1, 0.15) is 12.4 Å². The van der Waals surface area contributed by atoms with Gasteiger partial charge in [0, 0.05) is 0 Å². The average molecular weight is 1060 g/mol. The molecule has 0 aliphatic carbocycles. The molecular weight excluding hydrogens is 957 g/mol. The summed E-state index contributed by atoms with van der Waals surface area (Å²) >= 11 is 0. The quantitative estimate of drug-likeness (QED) is 0.0885. The maximum absolute atomic E-state index is 8.61. The van der Waals surface area contributed by atoms with Crippen LogP contribution in [-0.2, 0) is 91.7 Å². The van der Waals surface area contributed by atoms with E-state index in [0.29, 0.717) is 244 Å². The molecule has 1 rings (SSSR count). The Balaban J connectivity index is 1.63. The molecule has 20 heteroatoms. The van der Waals surface area contributed by atoms with Gasteiger partial charge in [-0.3, -0.25) is 0 Å². The molecule has 432 valence electrons. The Labute approximate surface area is 439 Å². The molecular formula is C53H100O20. The van der Waals surface area contributed by atoms with Gasteiger partial charge in [-0.05, 0) is 30.5 Å². The first-order valence-corrected chi connectivity index (χ1v) is 27.1. The lowest BCUT2D eigenvalue weighted by atomic mass is 10.0. The zero-order valence-electron chi connectivity index (χ0n) is 45.0. The second kappa shape index (κ2) is 62.8. The average Bonchev–Trinajstić information content (AvgIpc) is 3.41. The van der Waals surface area contributed by atoms with E-state index in [9.17, 15) is 0 Å². The summed E-state index contributed by atoms with van der Waals surface area (Å²) in [5.74, 6) is 0.882. The number of rotatable bonds is 65. The van der Waals surface area contributed by atoms with E-state index >= 15 is 0 Å². The van der Waals surface area contributed by atoms with Crippen molar-refractivity contribution in [2.45, 2.75) is 58.3 Å². The van der Waals surface area contributed by atoms with Crippen LogP contribution in [0.25, 0.3) is 0 Å². The highest BCUT2D eigenvalue weighted by Crippen LogP contribution is 2.15. The molecule has 1 aromatic carbocycles. The third-order valence-corrected chi connectivity index (χ3v) is 10.0. The van der Waals surface area contributed by atoms with Gasteiger partial charge in [0.2, 0.25) is 0 Å². The molecule has 73 heavy (non-hydrogen) atoms. The van der Waals surface area contributed by atoms with E-state index in [1.807, 2.05) is 0 Å². The van der Waals surface area contributed by atoms with Gasteiger partial charge < -0.3 is 95.1 Å². The molecule has 0 saturated heterocycles. The van der Waals surface area contributed by atoms with Gasteiger partial charge in [0.15, 0.2) is 0 Å². The molecule has 0 spiro atoms. The first kappa shape index (κ1) is 69.3. The van der Waals surface area contributed by atoms with Crippen molar-refractivity contribution in [1.29, 1.82) is 0 Å². The number of benzene rings is 1. The van der Waals surface area contributed by atoms with Gasteiger partial charge in [0.25, 0.3) is 0 Å². The van der Waals surface area contributed by atoms with Crippen molar-refractivity contribution in [3.05, 3.63) is 29.8 Å². The van der Waals surface area contributed by atoms with Crippen LogP contribution < -0.4 is 4.74 Å². The first-order valence-electron chi connectivity index (χ1n) is 27.1. The van der Waals surface area contributed by atoms with Crippen LogP contribution in [0.2, 0.25) is 0 Å². The van der Waals surface area contributed by atoms with E-state index in [0.717, 1.165) is 12.2 Å². The van der Waals surface area contributed by atoms with E-state index in [4.69, 9.17) is 95.1 Å². The van der Waals surface area contributed by atoms with E-state index in [1.165, 1.54) is 50.5 Å². The zero-order valence-corrected chi connectivity index (χ0v) is 45.0. The second-order valence-corrected chi connectivity index (χ2v) is 16.1. The minimum Gasteiger partial charge on any atom is -0.491 e. The number of aliphatic hydroxyl groups excluding tert-OH is 1. The largest absolute Gasteiger partial charge is 0.491 e. The lowest BCUT2D eigenvalue weighted by Gasteiger charge is -2.09. The standard InChI is InChI=1S/C53H100O20/c1-2-3-4-5-6-7-8-9-52-10-12-53(13-11-52)73-51-50-72-49-48-71-47-46-70-45-44-69-43-42-68-41-40-67-39-38-66-37-36-65-35-34-64-33-32-63-31-30-62-29-28-61-27-26-60-25-24-59-23-22-58-21-20-57-19-18-56-17-16-55-15-14-54/h10-13,54H,2-9,14-51H2,1H3. The molecule has 1 N–H and O–H groups in total. The van der Waals surface area contributed by atoms with Crippen LogP contribution in [0.5, 0.6) is 5.75 Å². The lowest BCUT2D eigenvalue weighted by Crippen LogP contribution is -2.16. The van der Waals surface area contributed by atoms with Crippen LogP contribution in [0, 0.1) is 0 Å². The van der Waals surface area contributed by atoms with Crippen molar-refractivity contribution < 1.29 is 95.1 Å². The van der Waals surface area contributed by atoms with Crippen LogP contribution in [-0.4, -0.2) is 256 Å². The third-order valence-electron chi connectivity index (χ3n) is 10.0. The molecule has 20 nitrogen and oxygen atoms in total. The molecule has 0 heterocycles. The molecule has 0 bridgehead atoms. The SMILES string of the molecule is CCCCCCCCCc1ccc(OCCOCCOCCOCCOCCOCCOCCOCCOCCOCCOCCOCCOCCOCCOCCOCCOCCOCCOCCO)cc1. The Morgan fingerprint density at radius 3 is 0.685 bits per heavy atom. The molecule has 0 unspecified atom stereocenters. The summed E-state index contributed by atoms with van der Waals surface area (Å²) in [6, 6.07) is 8.45. The zero-order chi connectivity index (χ0) is 51.9. The smallest absolute Gasteiger partial charge is 0.119 e. The predicted octanol–water partition coefficient (Wildman–Crippen LogP) is 4.65. The van der Waals surface area contributed by atoms with E-state index in [1.54, 1.807) is 0 Å². The molecule has 0 aromatic heterocycles. The maximum Gasteiger partial charge on any atom is 0.119 e. The van der Waals surface area contributed by atoms with Crippen LogP contribution in [0.15, 0.2) is 24.3 Å². The molecule has 0 radical (unpaired) electrons. The summed E-state index contributed by atoms with van der Waals surface area (Å²) in [5.41, 5.74) is 1.38. The van der Waals surface area contributed by atoms with Crippen molar-refractivity contribution >= 4 is 0 Å². The van der Waals surface area contributed by atoms with Gasteiger partial charge >= 0.3 is 0 Å². The Kier molecular flexibility index (Phi) is 59.6. The molecule has 0 saturated carbocycles. The highest BCUT2D eigenvalue weighted by atomic mass is 16.6. The lowest BCUT2D eigenvalue weighted by molar-refractivity contribution is -0.0311. The van der Waals surface area contributed by atoms with E-state index in [-0.39, 0.29) is 6.61 Å². The minimum atomic E-state index is 0.0201. The Bertz CT molecular complexity index is 1150. The monoisotopic (exact) mass is 1060 g/mol. The summed E-state index contributed by atoms with van der Waals surface area (Å²) in [7, 11) is 0. The topological polar surface area (TPSA) is 196 Å². The fourth-order valence-electron chi connectivity index (χ4n) is 6.16. The molecule has 0 aliphatic heterocycles. The number of aliphatic hydroxyl groups is 1. The summed E-state index contributed by atoms with van der Waals surface area (Å²) in [6.45, 7) is 20.5. The van der Waals surface area contributed by atoms with Gasteiger partial charge in [-0.1, -0.05) is 57.6 Å². The predicted molar refractivity (Wildman–Crippen MR) is 275 cm³/mol. The Hall–Kier alpha value is -1.74. The Morgan fingerprint density at radius 2 is 0.452 bits per heavy atom. The molecule has 1 aromatic rings. The molecule has 0 atom stereocenters. The third kappa shape index (κ3) is 57.8. The summed E-state index contributed by atoms with van der Waals surface area (Å²) in [4.78, 5) is 0. The highest BCUT2D eigenvalue weighted by molar-refractivity contribution is 5.27. The Morgan fingerprint density at radius 1 is 0.247 bits per heavy atom. The highest BCUT2D eigenvalue weighted by Gasteiger charge is 2.01. The van der Waals surface area contributed by atoms with Crippen molar-refractivity contribution in [3.63, 3.8) is 0 Å². The van der Waals surface area contributed by atoms with E-state index < -0.39 is 0 Å². The van der Waals surface area contributed by atoms with Gasteiger partial charge in [-0.25, -0.2) is 0 Å². The summed E-state index contributed by atoms with van der Waals surface area (Å²) in [6.07, 6.45) is 10.5. The molecule has 0 fully saturated rings. The fraction of sp³-hybridized carbons (Fsp3) is 0.887. The van der Waals surface area contributed by atoms with Crippen molar-refractivity contribution in [2.75, 3.05) is 251 Å². The first-order chi connectivity index (χ1) is 36.4. The van der Waals surface area contributed by atoms with E-state index in [2.05, 4.69) is 31.2 Å². The number of unbranched alkanes of at least 4 members (excludes halogenated alkanes) is 6. The molecule has 0 amide bonds. The van der Waals surface area contributed by atoms with Crippen molar-refractivity contribution in [2.24, 2.45) is 0 Å². The van der Waals surface area contributed by atoms with Crippen LogP contribution in [0.4, 0.5) is 0 Å².